The first-order valence-corrected chi connectivity index (χ1v) is 11.5. The maximum atomic E-state index is 12.6. The summed E-state index contributed by atoms with van der Waals surface area (Å²) in [6.07, 6.45) is 0. The molecule has 2 aromatic carbocycles. The van der Waals surface area contributed by atoms with Crippen molar-refractivity contribution in [2.75, 3.05) is 10.9 Å². The summed E-state index contributed by atoms with van der Waals surface area (Å²) in [6, 6.07) is 6.89. The highest BCUT2D eigenvalue weighted by Gasteiger charge is 2.38. The number of aliphatic carboxylic acids is 1. The predicted molar refractivity (Wildman–Crippen MR) is 114 cm³/mol. The standard InChI is InChI=1S/C17H13N4O9S2.2CH3/c22-9-31(26,27)12-7-3-11(4-8-12)21-16(23)14(15(20-21)17(24)25)19-18-10-1-5-13(6-2-10)32(28,29)30;;/h1-8,14H,9H2,(H,24,25)(H,28,29,30);2*1H3/q-1;2*+1/p-2. The van der Waals surface area contributed by atoms with Crippen LogP contribution in [0.15, 0.2) is 73.7 Å². The summed E-state index contributed by atoms with van der Waals surface area (Å²) < 4.78 is 56.0. The van der Waals surface area contributed by atoms with Gasteiger partial charge in [-0.3, -0.25) is 4.79 Å². The molecule has 0 fully saturated rings. The number of nitrogens with zero attached hydrogens (tertiary/aromatic N) is 4. The van der Waals surface area contributed by atoms with Gasteiger partial charge in [-0.2, -0.15) is 20.3 Å². The highest BCUT2D eigenvalue weighted by atomic mass is 32.2. The van der Waals surface area contributed by atoms with Gasteiger partial charge in [0.2, 0.25) is 0 Å². The number of carbonyl (C=O) groups is 2. The molecule has 0 spiro atoms. The number of hydrogen-bond donors (Lipinski definition) is 0. The van der Waals surface area contributed by atoms with E-state index in [1.807, 2.05) is 0 Å². The molecular weight excluding hydrogens is 492 g/mol. The highest BCUT2D eigenvalue weighted by Crippen LogP contribution is 2.25. The van der Waals surface area contributed by atoms with Crippen molar-refractivity contribution in [3.05, 3.63) is 63.4 Å². The summed E-state index contributed by atoms with van der Waals surface area (Å²) in [4.78, 5) is 23.2. The van der Waals surface area contributed by atoms with E-state index >= 15 is 0 Å². The SMILES string of the molecule is O=C([O-])C1=NN(c2ccc(S(=O)(=O)C[O-])cc2)C(=O)C1N=Nc1ccc(S(=O)(=O)[O-])cc1.[CH3+].[CH3+]. The zero-order chi connectivity index (χ0) is 23.7. The maximum absolute atomic E-state index is 12.6. The minimum atomic E-state index is -4.67. The van der Waals surface area contributed by atoms with E-state index < -0.39 is 54.4 Å². The average Bonchev–Trinajstić information content (AvgIpc) is 3.08. The van der Waals surface area contributed by atoms with Crippen LogP contribution in [0.1, 0.15) is 0 Å². The summed E-state index contributed by atoms with van der Waals surface area (Å²) in [5.41, 5.74) is -0.747. The summed E-state index contributed by atoms with van der Waals surface area (Å²) in [5.74, 6) is -4.11. The lowest BCUT2D eigenvalue weighted by atomic mass is 10.2. The topological polar surface area (TPSA) is 212 Å². The Bertz CT molecular complexity index is 1340. The van der Waals surface area contributed by atoms with Crippen LogP contribution in [0.5, 0.6) is 0 Å². The third-order valence-electron chi connectivity index (χ3n) is 4.13. The molecule has 0 N–H and O–H groups in total. The van der Waals surface area contributed by atoms with Gasteiger partial charge in [-0.1, -0.05) is 0 Å². The van der Waals surface area contributed by atoms with Crippen LogP contribution in [0.3, 0.4) is 0 Å². The van der Waals surface area contributed by atoms with Gasteiger partial charge < -0.3 is 19.6 Å². The van der Waals surface area contributed by atoms with Crippen molar-refractivity contribution in [1.29, 1.82) is 0 Å². The van der Waals surface area contributed by atoms with E-state index in [1.54, 1.807) is 0 Å². The van der Waals surface area contributed by atoms with E-state index in [-0.39, 0.29) is 31.1 Å². The number of azo groups is 1. The van der Waals surface area contributed by atoms with Gasteiger partial charge in [0, 0.05) is 14.9 Å². The fourth-order valence-electron chi connectivity index (χ4n) is 2.55. The normalized spacial score (nSPS) is 16.1. The van der Waals surface area contributed by atoms with Crippen LogP contribution in [0, 0.1) is 14.9 Å². The Morgan fingerprint density at radius 1 is 0.971 bits per heavy atom. The average molecular weight is 509 g/mol. The largest absolute Gasteiger partial charge is 0.843 e. The van der Waals surface area contributed by atoms with Crippen LogP contribution < -0.4 is 15.2 Å². The van der Waals surface area contributed by atoms with Gasteiger partial charge in [0.15, 0.2) is 15.9 Å². The molecule has 13 nitrogen and oxygen atoms in total. The van der Waals surface area contributed by atoms with Gasteiger partial charge in [0.1, 0.15) is 15.8 Å². The van der Waals surface area contributed by atoms with Crippen molar-refractivity contribution in [1.82, 2.24) is 0 Å². The molecule has 1 amide bonds. The first-order valence-electron chi connectivity index (χ1n) is 8.45. The molecule has 3 rings (SSSR count). The first kappa shape index (κ1) is 28.2. The Morgan fingerprint density at radius 2 is 1.50 bits per heavy atom. The minimum absolute atomic E-state index is 0. The van der Waals surface area contributed by atoms with E-state index in [0.717, 1.165) is 48.5 Å². The Kier molecular flexibility index (Phi) is 8.66. The molecule has 1 heterocycles. The van der Waals surface area contributed by atoms with Crippen molar-refractivity contribution >= 4 is 48.9 Å². The van der Waals surface area contributed by atoms with Crippen molar-refractivity contribution in [3.63, 3.8) is 0 Å². The quantitative estimate of drug-likeness (QED) is 0.259. The molecule has 0 radical (unpaired) electrons. The number of carboxylic acids is 1. The maximum Gasteiger partial charge on any atom is 0.280 e. The molecule has 0 bridgehead atoms. The molecular formula is C19H17N4O9S2-. The zero-order valence-corrected chi connectivity index (χ0v) is 19.3. The number of hydrogen-bond acceptors (Lipinski definition) is 12. The molecule has 1 atom stereocenters. The lowest BCUT2D eigenvalue weighted by molar-refractivity contribution is -0.340. The number of benzene rings is 2. The van der Waals surface area contributed by atoms with E-state index in [9.17, 15) is 41.2 Å². The summed E-state index contributed by atoms with van der Waals surface area (Å²) in [5, 5.41) is 33.7. The van der Waals surface area contributed by atoms with Crippen molar-refractivity contribution in [2.45, 2.75) is 15.8 Å². The van der Waals surface area contributed by atoms with Gasteiger partial charge >= 0.3 is 0 Å². The summed E-state index contributed by atoms with van der Waals surface area (Å²) in [7, 11) is -8.70. The Balaban J connectivity index is 0.00000289. The van der Waals surface area contributed by atoms with E-state index in [2.05, 4.69) is 15.3 Å². The molecule has 180 valence electrons. The number of hydrazone groups is 1. The second kappa shape index (κ2) is 10.4. The fraction of sp³-hybridized carbons (Fsp3) is 0.105. The van der Waals surface area contributed by atoms with Gasteiger partial charge in [-0.15, -0.1) is 0 Å². The number of sulfone groups is 1. The number of carbonyl (C=O) groups excluding carboxylic acids is 2. The molecule has 34 heavy (non-hydrogen) atoms. The van der Waals surface area contributed by atoms with Crippen molar-refractivity contribution in [2.24, 2.45) is 15.3 Å². The van der Waals surface area contributed by atoms with E-state index in [0.29, 0.717) is 5.01 Å². The Morgan fingerprint density at radius 3 is 1.97 bits per heavy atom. The van der Waals surface area contributed by atoms with Crippen LogP contribution in [0.4, 0.5) is 11.4 Å². The lowest BCUT2D eigenvalue weighted by Gasteiger charge is -2.13. The molecule has 2 aromatic rings. The molecule has 0 aliphatic carbocycles. The van der Waals surface area contributed by atoms with Crippen molar-refractivity contribution in [3.8, 4) is 0 Å². The van der Waals surface area contributed by atoms with Crippen LogP contribution >= 0.6 is 0 Å². The van der Waals surface area contributed by atoms with Crippen LogP contribution in [0.25, 0.3) is 0 Å². The molecule has 1 unspecified atom stereocenters. The first-order chi connectivity index (χ1) is 14.9. The molecule has 0 aromatic heterocycles. The van der Waals surface area contributed by atoms with Crippen LogP contribution in [0.2, 0.25) is 0 Å². The van der Waals surface area contributed by atoms with Crippen LogP contribution in [-0.4, -0.2) is 51.0 Å². The highest BCUT2D eigenvalue weighted by molar-refractivity contribution is 7.91. The second-order valence-corrected chi connectivity index (χ2v) is 9.53. The second-order valence-electron chi connectivity index (χ2n) is 6.22. The number of carboxylic acid groups (broad SMARTS) is 1. The molecule has 0 saturated heterocycles. The molecule has 15 heteroatoms. The van der Waals surface area contributed by atoms with Crippen LogP contribution in [-0.2, 0) is 29.5 Å². The fourth-order valence-corrected chi connectivity index (χ4v) is 3.71. The Labute approximate surface area is 195 Å². The molecule has 1 aliphatic rings. The van der Waals surface area contributed by atoms with Gasteiger partial charge in [-0.05, 0) is 54.5 Å². The smallest absolute Gasteiger partial charge is 0.280 e. The third kappa shape index (κ3) is 5.76. The molecule has 1 aliphatic heterocycles. The van der Waals surface area contributed by atoms with Gasteiger partial charge in [0.05, 0.1) is 27.1 Å². The minimum Gasteiger partial charge on any atom is -0.843 e. The van der Waals surface area contributed by atoms with Gasteiger partial charge in [-0.25, -0.2) is 16.8 Å². The monoisotopic (exact) mass is 509 g/mol. The number of amides is 1. The third-order valence-corrected chi connectivity index (χ3v) is 6.28. The summed E-state index contributed by atoms with van der Waals surface area (Å²) in [6.45, 7) is 0. The zero-order valence-electron chi connectivity index (χ0n) is 17.7. The van der Waals surface area contributed by atoms with E-state index in [4.69, 9.17) is 0 Å². The van der Waals surface area contributed by atoms with Crippen molar-refractivity contribution < 1.29 is 41.2 Å². The molecule has 0 saturated carbocycles. The van der Waals surface area contributed by atoms with Gasteiger partial charge in [0.25, 0.3) is 5.91 Å². The lowest BCUT2D eigenvalue weighted by Crippen LogP contribution is -2.39. The number of rotatable bonds is 7. The van der Waals surface area contributed by atoms with E-state index in [1.165, 1.54) is 0 Å². The summed E-state index contributed by atoms with van der Waals surface area (Å²) >= 11 is 0. The Hall–Kier alpha value is -3.79. The predicted octanol–water partition coefficient (Wildman–Crippen LogP) is -0.812. The number of anilines is 1.